The summed E-state index contributed by atoms with van der Waals surface area (Å²) >= 11 is 0. The van der Waals surface area contributed by atoms with Crippen LogP contribution in [0.5, 0.6) is 0 Å². The van der Waals surface area contributed by atoms with Gasteiger partial charge in [-0.15, -0.1) is 0 Å². The van der Waals surface area contributed by atoms with E-state index in [1.807, 2.05) is 36.4 Å². The minimum atomic E-state index is -0.134. The summed E-state index contributed by atoms with van der Waals surface area (Å²) in [5, 5.41) is 1.57. The van der Waals surface area contributed by atoms with Gasteiger partial charge in [0.15, 0.2) is 5.43 Å². The molecule has 2 heteroatoms. The van der Waals surface area contributed by atoms with Gasteiger partial charge in [0, 0.05) is 16.2 Å². The van der Waals surface area contributed by atoms with Crippen molar-refractivity contribution in [3.05, 3.63) is 88.1 Å². The van der Waals surface area contributed by atoms with E-state index in [0.29, 0.717) is 0 Å². The molecule has 2 heterocycles. The zero-order valence-corrected chi connectivity index (χ0v) is 13.7. The number of benzene rings is 3. The first-order valence-electron chi connectivity index (χ1n) is 8.27. The smallest absolute Gasteiger partial charge is 0.197 e. The van der Waals surface area contributed by atoms with Crippen molar-refractivity contribution in [3.63, 3.8) is 0 Å². The molecule has 0 N–H and O–H groups in total. The molecule has 0 saturated heterocycles. The highest BCUT2D eigenvalue weighted by molar-refractivity contribution is 5.98. The molecule has 5 rings (SSSR count). The Labute approximate surface area is 140 Å². The van der Waals surface area contributed by atoms with Gasteiger partial charge in [0.1, 0.15) is 0 Å². The summed E-state index contributed by atoms with van der Waals surface area (Å²) in [5.74, 6) is 0. The third-order valence-electron chi connectivity index (χ3n) is 5.39. The van der Waals surface area contributed by atoms with Gasteiger partial charge in [0.05, 0.1) is 16.7 Å². The largest absolute Gasteiger partial charge is 0.308 e. The maximum atomic E-state index is 13.0. The first-order valence-corrected chi connectivity index (χ1v) is 8.27. The number of hydrogen-bond acceptors (Lipinski definition) is 1. The molecule has 2 nitrogen and oxygen atoms in total. The molecule has 0 saturated carbocycles. The minimum absolute atomic E-state index is 0.119. The molecular formula is C22H17NO. The summed E-state index contributed by atoms with van der Waals surface area (Å²) in [5.41, 5.74) is 5.68. The number of hydrogen-bond donors (Lipinski definition) is 0. The molecule has 0 fully saturated rings. The Kier molecular flexibility index (Phi) is 2.46. The molecule has 116 valence electrons. The van der Waals surface area contributed by atoms with Crippen LogP contribution in [0.15, 0.2) is 71.5 Å². The lowest BCUT2D eigenvalue weighted by Gasteiger charge is -2.36. The highest BCUT2D eigenvalue weighted by Crippen LogP contribution is 2.44. The van der Waals surface area contributed by atoms with Crippen molar-refractivity contribution in [3.8, 4) is 5.69 Å². The number of fused-ring (bicyclic) bond motifs is 4. The molecule has 24 heavy (non-hydrogen) atoms. The standard InChI is InChI=1S/C22H17NO/c1-22(2)16-10-4-6-13-19(16)23-18-12-5-3-8-14(18)21(24)15-9-7-11-17(22)20(15)23/h3-13H,1-2H3. The third-order valence-corrected chi connectivity index (χ3v) is 5.39. The minimum Gasteiger partial charge on any atom is -0.308 e. The Hall–Kier alpha value is -2.87. The van der Waals surface area contributed by atoms with Crippen LogP contribution in [-0.2, 0) is 5.41 Å². The van der Waals surface area contributed by atoms with Crippen molar-refractivity contribution in [1.82, 2.24) is 4.57 Å². The molecule has 1 aliphatic rings. The molecule has 0 radical (unpaired) electrons. The lowest BCUT2D eigenvalue weighted by atomic mass is 9.74. The van der Waals surface area contributed by atoms with Crippen LogP contribution in [0.4, 0.5) is 0 Å². The fourth-order valence-electron chi connectivity index (χ4n) is 4.19. The summed E-state index contributed by atoms with van der Waals surface area (Å²) < 4.78 is 2.27. The lowest BCUT2D eigenvalue weighted by molar-refractivity contribution is 0.629. The second-order valence-corrected chi connectivity index (χ2v) is 7.03. The van der Waals surface area contributed by atoms with Gasteiger partial charge in [-0.05, 0) is 35.4 Å². The molecule has 0 atom stereocenters. The average molecular weight is 311 g/mol. The molecule has 1 aromatic heterocycles. The fraction of sp³-hybridized carbons (Fsp3) is 0.136. The molecule has 0 spiro atoms. The highest BCUT2D eigenvalue weighted by Gasteiger charge is 2.34. The van der Waals surface area contributed by atoms with E-state index in [4.69, 9.17) is 0 Å². The second-order valence-electron chi connectivity index (χ2n) is 7.03. The maximum absolute atomic E-state index is 13.0. The van der Waals surface area contributed by atoms with Crippen LogP contribution >= 0.6 is 0 Å². The van der Waals surface area contributed by atoms with Gasteiger partial charge in [-0.1, -0.05) is 56.3 Å². The summed E-state index contributed by atoms with van der Waals surface area (Å²) in [4.78, 5) is 13.0. The molecule has 0 amide bonds. The zero-order chi connectivity index (χ0) is 16.5. The van der Waals surface area contributed by atoms with Crippen LogP contribution in [0, 0.1) is 0 Å². The lowest BCUT2D eigenvalue weighted by Crippen LogP contribution is -2.28. The summed E-state index contributed by atoms with van der Waals surface area (Å²) in [6.45, 7) is 4.48. The number of para-hydroxylation sites is 3. The number of aromatic nitrogens is 1. The molecule has 0 unspecified atom stereocenters. The monoisotopic (exact) mass is 311 g/mol. The number of nitrogens with zero attached hydrogens (tertiary/aromatic N) is 1. The van der Waals surface area contributed by atoms with E-state index in [-0.39, 0.29) is 10.8 Å². The Bertz CT molecular complexity index is 1200. The van der Waals surface area contributed by atoms with E-state index in [0.717, 1.165) is 21.8 Å². The van der Waals surface area contributed by atoms with Crippen molar-refractivity contribution < 1.29 is 0 Å². The normalized spacial score (nSPS) is 14.8. The van der Waals surface area contributed by atoms with E-state index in [2.05, 4.69) is 48.7 Å². The molecule has 0 aliphatic carbocycles. The van der Waals surface area contributed by atoms with E-state index in [9.17, 15) is 4.79 Å². The van der Waals surface area contributed by atoms with Crippen LogP contribution in [0.2, 0.25) is 0 Å². The summed E-state index contributed by atoms with van der Waals surface area (Å²) in [6, 6.07) is 22.5. The van der Waals surface area contributed by atoms with Gasteiger partial charge in [0.25, 0.3) is 0 Å². The van der Waals surface area contributed by atoms with Crippen molar-refractivity contribution in [1.29, 1.82) is 0 Å². The van der Waals surface area contributed by atoms with Crippen LogP contribution in [0.3, 0.4) is 0 Å². The molecule has 4 aromatic rings. The Morgan fingerprint density at radius 1 is 0.750 bits per heavy atom. The first-order chi connectivity index (χ1) is 11.6. The van der Waals surface area contributed by atoms with Gasteiger partial charge in [-0.2, -0.15) is 0 Å². The van der Waals surface area contributed by atoms with Gasteiger partial charge >= 0.3 is 0 Å². The molecular weight excluding hydrogens is 294 g/mol. The van der Waals surface area contributed by atoms with Crippen LogP contribution in [-0.4, -0.2) is 4.57 Å². The number of pyridine rings is 1. The van der Waals surface area contributed by atoms with E-state index >= 15 is 0 Å². The van der Waals surface area contributed by atoms with E-state index < -0.39 is 0 Å². The van der Waals surface area contributed by atoms with Crippen molar-refractivity contribution >= 4 is 21.8 Å². The van der Waals surface area contributed by atoms with Crippen molar-refractivity contribution in [2.24, 2.45) is 0 Å². The molecule has 3 aromatic carbocycles. The Morgan fingerprint density at radius 3 is 2.29 bits per heavy atom. The van der Waals surface area contributed by atoms with Gasteiger partial charge in [0.2, 0.25) is 0 Å². The third kappa shape index (κ3) is 1.48. The average Bonchev–Trinajstić information content (AvgIpc) is 2.61. The van der Waals surface area contributed by atoms with Gasteiger partial charge in [-0.25, -0.2) is 0 Å². The predicted octanol–water partition coefficient (Wildman–Crippen LogP) is 4.78. The summed E-state index contributed by atoms with van der Waals surface area (Å²) in [6.07, 6.45) is 0. The Balaban J connectivity index is 2.19. The Morgan fingerprint density at radius 2 is 1.42 bits per heavy atom. The topological polar surface area (TPSA) is 22.0 Å². The number of rotatable bonds is 0. The quantitative estimate of drug-likeness (QED) is 0.428. The van der Waals surface area contributed by atoms with Crippen LogP contribution in [0.1, 0.15) is 25.0 Å². The molecule has 1 aliphatic heterocycles. The van der Waals surface area contributed by atoms with Crippen LogP contribution < -0.4 is 5.43 Å². The first kappa shape index (κ1) is 13.6. The van der Waals surface area contributed by atoms with E-state index in [1.165, 1.54) is 16.8 Å². The SMILES string of the molecule is CC1(C)c2ccccc2-n2c3ccccc3c(=O)c3cccc1c32. The van der Waals surface area contributed by atoms with E-state index in [1.54, 1.807) is 0 Å². The van der Waals surface area contributed by atoms with Crippen molar-refractivity contribution in [2.75, 3.05) is 0 Å². The highest BCUT2D eigenvalue weighted by atomic mass is 16.1. The fourth-order valence-corrected chi connectivity index (χ4v) is 4.19. The predicted molar refractivity (Wildman–Crippen MR) is 99.2 cm³/mol. The van der Waals surface area contributed by atoms with Crippen molar-refractivity contribution in [2.45, 2.75) is 19.3 Å². The maximum Gasteiger partial charge on any atom is 0.197 e. The van der Waals surface area contributed by atoms with Gasteiger partial charge in [-0.3, -0.25) is 4.79 Å². The van der Waals surface area contributed by atoms with Gasteiger partial charge < -0.3 is 4.57 Å². The molecule has 0 bridgehead atoms. The second kappa shape index (κ2) is 4.35. The zero-order valence-electron chi connectivity index (χ0n) is 13.7. The summed E-state index contributed by atoms with van der Waals surface area (Å²) in [7, 11) is 0. The van der Waals surface area contributed by atoms with Crippen LogP contribution in [0.25, 0.3) is 27.5 Å².